The van der Waals surface area contributed by atoms with Gasteiger partial charge in [-0.15, -0.1) is 0 Å². The lowest BCUT2D eigenvalue weighted by Gasteiger charge is -2.13. The van der Waals surface area contributed by atoms with Crippen LogP contribution in [0, 0.1) is 6.92 Å². The van der Waals surface area contributed by atoms with E-state index in [-0.39, 0.29) is 11.7 Å². The third-order valence-corrected chi connectivity index (χ3v) is 3.89. The number of nitrogens with one attached hydrogen (secondary N) is 1. The van der Waals surface area contributed by atoms with Gasteiger partial charge in [0.25, 0.3) is 5.91 Å². The second kappa shape index (κ2) is 7.77. The third kappa shape index (κ3) is 4.24. The lowest BCUT2D eigenvalue weighted by molar-refractivity contribution is -0.0502. The number of rotatable bonds is 6. The molecule has 0 aliphatic heterocycles. The normalized spacial score (nSPS) is 10.8. The van der Waals surface area contributed by atoms with Crippen molar-refractivity contribution in [3.8, 4) is 5.75 Å². The van der Waals surface area contributed by atoms with Crippen molar-refractivity contribution in [1.29, 1.82) is 0 Å². The molecule has 0 saturated heterocycles. The van der Waals surface area contributed by atoms with Crippen LogP contribution in [0.2, 0.25) is 0 Å². The molecule has 0 aliphatic rings. The van der Waals surface area contributed by atoms with Crippen molar-refractivity contribution < 1.29 is 18.3 Å². The molecule has 0 bridgehead atoms. The summed E-state index contributed by atoms with van der Waals surface area (Å²) in [6.45, 7) is -0.641. The summed E-state index contributed by atoms with van der Waals surface area (Å²) in [5, 5.41) is 2.73. The predicted molar refractivity (Wildman–Crippen MR) is 93.5 cm³/mol. The SMILES string of the molecule is Cc1c(NC(=O)c2ccc(Cn3ccnc3)cc2)cccc1OC(F)F. The van der Waals surface area contributed by atoms with E-state index in [1.807, 2.05) is 22.9 Å². The zero-order chi connectivity index (χ0) is 18.5. The number of benzene rings is 2. The van der Waals surface area contributed by atoms with Crippen LogP contribution in [0.3, 0.4) is 0 Å². The van der Waals surface area contributed by atoms with Crippen LogP contribution in [0.15, 0.2) is 61.2 Å². The minimum atomic E-state index is -2.91. The highest BCUT2D eigenvalue weighted by molar-refractivity contribution is 6.04. The second-order valence-electron chi connectivity index (χ2n) is 5.69. The number of amides is 1. The summed E-state index contributed by atoms with van der Waals surface area (Å²) in [5.41, 5.74) is 2.37. The summed E-state index contributed by atoms with van der Waals surface area (Å²) >= 11 is 0. The zero-order valence-corrected chi connectivity index (χ0v) is 14.0. The highest BCUT2D eigenvalue weighted by atomic mass is 19.3. The molecule has 0 atom stereocenters. The number of imidazole rings is 1. The van der Waals surface area contributed by atoms with Gasteiger partial charge in [0.15, 0.2) is 0 Å². The van der Waals surface area contributed by atoms with Gasteiger partial charge in [-0.25, -0.2) is 4.98 Å². The van der Waals surface area contributed by atoms with Gasteiger partial charge >= 0.3 is 6.61 Å². The highest BCUT2D eigenvalue weighted by Gasteiger charge is 2.13. The highest BCUT2D eigenvalue weighted by Crippen LogP contribution is 2.27. The molecule has 0 radical (unpaired) electrons. The predicted octanol–water partition coefficient (Wildman–Crippen LogP) is 4.09. The Kier molecular flexibility index (Phi) is 5.26. The topological polar surface area (TPSA) is 56.2 Å². The van der Waals surface area contributed by atoms with Gasteiger partial charge in [0.05, 0.1) is 6.33 Å². The lowest BCUT2D eigenvalue weighted by Crippen LogP contribution is -2.13. The van der Waals surface area contributed by atoms with E-state index < -0.39 is 6.61 Å². The van der Waals surface area contributed by atoms with Crippen molar-refractivity contribution in [3.05, 3.63) is 77.9 Å². The molecular weight excluding hydrogens is 340 g/mol. The molecule has 2 aromatic carbocycles. The first kappa shape index (κ1) is 17.6. The van der Waals surface area contributed by atoms with Crippen molar-refractivity contribution in [3.63, 3.8) is 0 Å². The molecule has 0 fully saturated rings. The molecule has 1 N–H and O–H groups in total. The van der Waals surface area contributed by atoms with Crippen LogP contribution < -0.4 is 10.1 Å². The molecule has 5 nitrogen and oxygen atoms in total. The smallest absolute Gasteiger partial charge is 0.387 e. The number of carbonyl (C=O) groups is 1. The van der Waals surface area contributed by atoms with E-state index in [9.17, 15) is 13.6 Å². The van der Waals surface area contributed by atoms with Gasteiger partial charge in [-0.3, -0.25) is 4.79 Å². The quantitative estimate of drug-likeness (QED) is 0.723. The summed E-state index contributed by atoms with van der Waals surface area (Å²) in [5.74, 6) is -0.287. The molecule has 0 spiro atoms. The first-order valence-electron chi connectivity index (χ1n) is 7.93. The Bertz CT molecular complexity index is 878. The van der Waals surface area contributed by atoms with Gasteiger partial charge in [0, 0.05) is 35.8 Å². The standard InChI is InChI=1S/C19H17F2N3O2/c1-13-16(3-2-4-17(13)26-19(20)21)23-18(25)15-7-5-14(6-8-15)11-24-10-9-22-12-24/h2-10,12,19H,11H2,1H3,(H,23,25). The third-order valence-electron chi connectivity index (χ3n) is 3.89. The van der Waals surface area contributed by atoms with Gasteiger partial charge < -0.3 is 14.6 Å². The maximum Gasteiger partial charge on any atom is 0.387 e. The van der Waals surface area contributed by atoms with Gasteiger partial charge in [0.1, 0.15) is 5.75 Å². The van der Waals surface area contributed by atoms with Gasteiger partial charge in [-0.1, -0.05) is 18.2 Å². The molecule has 26 heavy (non-hydrogen) atoms. The summed E-state index contributed by atoms with van der Waals surface area (Å²) < 4.78 is 31.2. The molecule has 3 aromatic rings. The first-order valence-corrected chi connectivity index (χ1v) is 7.93. The first-order chi connectivity index (χ1) is 12.5. The Hall–Kier alpha value is -3.22. The molecule has 0 aliphatic carbocycles. The van der Waals surface area contributed by atoms with Gasteiger partial charge in [-0.05, 0) is 36.8 Å². The van der Waals surface area contributed by atoms with Crippen LogP contribution in [0.5, 0.6) is 5.75 Å². The van der Waals surface area contributed by atoms with Crippen LogP contribution in [-0.2, 0) is 6.54 Å². The van der Waals surface area contributed by atoms with Gasteiger partial charge in [-0.2, -0.15) is 8.78 Å². The maximum absolute atomic E-state index is 12.4. The Labute approximate surface area is 149 Å². The summed E-state index contributed by atoms with van der Waals surface area (Å²) in [4.78, 5) is 16.4. The molecule has 0 unspecified atom stereocenters. The van der Waals surface area contributed by atoms with Crippen molar-refractivity contribution >= 4 is 11.6 Å². The molecule has 7 heteroatoms. The minimum Gasteiger partial charge on any atom is -0.434 e. The average Bonchev–Trinajstić information content (AvgIpc) is 3.11. The molecular formula is C19H17F2N3O2. The van der Waals surface area contributed by atoms with E-state index in [4.69, 9.17) is 0 Å². The van der Waals surface area contributed by atoms with E-state index >= 15 is 0 Å². The molecule has 3 rings (SSSR count). The zero-order valence-electron chi connectivity index (χ0n) is 14.0. The van der Waals surface area contributed by atoms with E-state index in [1.165, 1.54) is 6.07 Å². The molecule has 134 valence electrons. The summed E-state index contributed by atoms with van der Waals surface area (Å²) in [7, 11) is 0. The van der Waals surface area contributed by atoms with Crippen LogP contribution in [-0.4, -0.2) is 22.1 Å². The van der Waals surface area contributed by atoms with Crippen LogP contribution in [0.25, 0.3) is 0 Å². The van der Waals surface area contributed by atoms with E-state index in [0.29, 0.717) is 23.4 Å². The fraction of sp³-hybridized carbons (Fsp3) is 0.158. The molecule has 0 saturated carbocycles. The largest absolute Gasteiger partial charge is 0.434 e. The Morgan fingerprint density at radius 3 is 2.65 bits per heavy atom. The second-order valence-corrected chi connectivity index (χ2v) is 5.69. The average molecular weight is 357 g/mol. The van der Waals surface area contributed by atoms with Crippen molar-refractivity contribution in [2.24, 2.45) is 0 Å². The monoisotopic (exact) mass is 357 g/mol. The number of nitrogens with zero attached hydrogens (tertiary/aromatic N) is 2. The number of ether oxygens (including phenoxy) is 1. The van der Waals surface area contributed by atoms with Crippen LogP contribution >= 0.6 is 0 Å². The van der Waals surface area contributed by atoms with Crippen LogP contribution in [0.4, 0.5) is 14.5 Å². The van der Waals surface area contributed by atoms with E-state index in [2.05, 4.69) is 15.0 Å². The number of alkyl halides is 2. The lowest BCUT2D eigenvalue weighted by atomic mass is 10.1. The van der Waals surface area contributed by atoms with Crippen molar-refractivity contribution in [1.82, 2.24) is 9.55 Å². The number of hydrogen-bond donors (Lipinski definition) is 1. The number of hydrogen-bond acceptors (Lipinski definition) is 3. The summed E-state index contributed by atoms with van der Waals surface area (Å²) in [6.07, 6.45) is 5.28. The minimum absolute atomic E-state index is 0.0356. The Balaban J connectivity index is 1.70. The van der Waals surface area contributed by atoms with E-state index in [1.54, 1.807) is 43.7 Å². The Morgan fingerprint density at radius 2 is 2.00 bits per heavy atom. The van der Waals surface area contributed by atoms with Crippen LogP contribution in [0.1, 0.15) is 21.5 Å². The fourth-order valence-corrected chi connectivity index (χ4v) is 2.52. The fourth-order valence-electron chi connectivity index (χ4n) is 2.52. The maximum atomic E-state index is 12.4. The molecule has 1 heterocycles. The van der Waals surface area contributed by atoms with Crippen molar-refractivity contribution in [2.45, 2.75) is 20.1 Å². The summed E-state index contributed by atoms with van der Waals surface area (Å²) in [6, 6.07) is 11.8. The number of halogens is 2. The van der Waals surface area contributed by atoms with Crippen molar-refractivity contribution in [2.75, 3.05) is 5.32 Å². The molecule has 1 aromatic heterocycles. The number of anilines is 1. The molecule has 1 amide bonds. The number of carbonyl (C=O) groups excluding carboxylic acids is 1. The number of aromatic nitrogens is 2. The van der Waals surface area contributed by atoms with E-state index in [0.717, 1.165) is 5.56 Å². The van der Waals surface area contributed by atoms with Gasteiger partial charge in [0.2, 0.25) is 0 Å². The Morgan fingerprint density at radius 1 is 1.23 bits per heavy atom.